The maximum Gasteiger partial charge on any atom is 0.163 e. The SMILES string of the molecule is CNc1cc([C@@H]2CCCN(Cc3cccc(C)c3OC)C2)nc(-c2cccnc2)n1. The normalized spacial score (nSPS) is 17.0. The Labute approximate surface area is 178 Å². The van der Waals surface area contributed by atoms with E-state index < -0.39 is 0 Å². The number of aryl methyl sites for hydroxylation is 1. The Kier molecular flexibility index (Phi) is 6.23. The summed E-state index contributed by atoms with van der Waals surface area (Å²) in [5.74, 6) is 2.94. The van der Waals surface area contributed by atoms with Crippen LogP contribution in [-0.4, -0.2) is 47.1 Å². The van der Waals surface area contributed by atoms with E-state index in [-0.39, 0.29) is 0 Å². The lowest BCUT2D eigenvalue weighted by atomic mass is 9.93. The van der Waals surface area contributed by atoms with Crippen LogP contribution in [0.4, 0.5) is 5.82 Å². The van der Waals surface area contributed by atoms with E-state index in [9.17, 15) is 0 Å². The molecular formula is C24H29N5O. The fourth-order valence-corrected chi connectivity index (χ4v) is 4.24. The number of benzene rings is 1. The molecule has 1 aliphatic rings. The molecule has 0 aliphatic carbocycles. The molecule has 6 heteroatoms. The molecule has 2 aromatic heterocycles. The summed E-state index contributed by atoms with van der Waals surface area (Å²) in [6, 6.07) is 12.4. The molecule has 0 saturated carbocycles. The van der Waals surface area contributed by atoms with E-state index in [0.29, 0.717) is 5.92 Å². The van der Waals surface area contributed by atoms with Crippen molar-refractivity contribution in [2.45, 2.75) is 32.2 Å². The second kappa shape index (κ2) is 9.22. The number of anilines is 1. The van der Waals surface area contributed by atoms with Gasteiger partial charge in [-0.25, -0.2) is 9.97 Å². The van der Waals surface area contributed by atoms with Crippen molar-refractivity contribution in [3.05, 3.63) is 65.6 Å². The average molecular weight is 404 g/mol. The van der Waals surface area contributed by atoms with Gasteiger partial charge in [-0.3, -0.25) is 9.88 Å². The zero-order valence-corrected chi connectivity index (χ0v) is 17.9. The highest BCUT2D eigenvalue weighted by molar-refractivity contribution is 5.56. The molecule has 1 aromatic carbocycles. The number of aromatic nitrogens is 3. The standard InChI is InChI=1S/C24H29N5O/c1-17-7-4-8-20(23(17)30-3)16-29-12-6-10-19(15-29)21-13-22(25-2)28-24(27-21)18-9-5-11-26-14-18/h4-5,7-9,11,13-14,19H,6,10,12,15-16H2,1-3H3,(H,25,27,28)/t19-/m1/s1. The van der Waals surface area contributed by atoms with Crippen molar-refractivity contribution in [3.63, 3.8) is 0 Å². The van der Waals surface area contributed by atoms with Gasteiger partial charge in [0, 0.05) is 55.6 Å². The fourth-order valence-electron chi connectivity index (χ4n) is 4.24. The van der Waals surface area contributed by atoms with E-state index >= 15 is 0 Å². The molecule has 156 valence electrons. The van der Waals surface area contributed by atoms with Gasteiger partial charge in [-0.2, -0.15) is 0 Å². The maximum absolute atomic E-state index is 5.66. The number of likely N-dealkylation sites (tertiary alicyclic amines) is 1. The third-order valence-corrected chi connectivity index (χ3v) is 5.74. The Morgan fingerprint density at radius 1 is 1.20 bits per heavy atom. The van der Waals surface area contributed by atoms with Crippen LogP contribution in [0.3, 0.4) is 0 Å². The Bertz CT molecular complexity index is 992. The number of piperidine rings is 1. The minimum absolute atomic E-state index is 0.375. The summed E-state index contributed by atoms with van der Waals surface area (Å²) in [6.45, 7) is 5.05. The molecule has 30 heavy (non-hydrogen) atoms. The first-order valence-corrected chi connectivity index (χ1v) is 10.5. The summed E-state index contributed by atoms with van der Waals surface area (Å²) in [4.78, 5) is 16.3. The molecule has 3 aromatic rings. The van der Waals surface area contributed by atoms with Crippen LogP contribution in [0.5, 0.6) is 5.75 Å². The Hall–Kier alpha value is -2.99. The van der Waals surface area contributed by atoms with Crippen LogP contribution in [0.1, 0.15) is 35.6 Å². The molecule has 0 unspecified atom stereocenters. The molecule has 1 saturated heterocycles. The van der Waals surface area contributed by atoms with Crippen molar-refractivity contribution in [2.75, 3.05) is 32.6 Å². The molecule has 0 radical (unpaired) electrons. The molecule has 1 atom stereocenters. The van der Waals surface area contributed by atoms with E-state index in [4.69, 9.17) is 9.72 Å². The quantitative estimate of drug-likeness (QED) is 0.663. The molecule has 1 N–H and O–H groups in total. The number of para-hydroxylation sites is 1. The van der Waals surface area contributed by atoms with E-state index in [1.165, 1.54) is 11.1 Å². The lowest BCUT2D eigenvalue weighted by Gasteiger charge is -2.33. The van der Waals surface area contributed by atoms with Crippen LogP contribution in [-0.2, 0) is 6.54 Å². The Morgan fingerprint density at radius 3 is 2.87 bits per heavy atom. The zero-order valence-electron chi connectivity index (χ0n) is 17.9. The molecule has 1 fully saturated rings. The minimum Gasteiger partial charge on any atom is -0.496 e. The summed E-state index contributed by atoms with van der Waals surface area (Å²) in [6.07, 6.45) is 5.87. The van der Waals surface area contributed by atoms with Crippen molar-refractivity contribution in [1.29, 1.82) is 0 Å². The molecule has 4 rings (SSSR count). The van der Waals surface area contributed by atoms with E-state index in [1.54, 1.807) is 13.3 Å². The smallest absolute Gasteiger partial charge is 0.163 e. The van der Waals surface area contributed by atoms with Gasteiger partial charge < -0.3 is 10.1 Å². The second-order valence-corrected chi connectivity index (χ2v) is 7.83. The largest absolute Gasteiger partial charge is 0.496 e. The first kappa shape index (κ1) is 20.3. The van der Waals surface area contributed by atoms with Gasteiger partial charge in [0.25, 0.3) is 0 Å². The maximum atomic E-state index is 5.66. The average Bonchev–Trinajstić information content (AvgIpc) is 2.80. The predicted octanol–water partition coefficient (Wildman–Crippen LogP) is 4.28. The molecule has 0 bridgehead atoms. The lowest BCUT2D eigenvalue weighted by molar-refractivity contribution is 0.196. The highest BCUT2D eigenvalue weighted by atomic mass is 16.5. The van der Waals surface area contributed by atoms with Gasteiger partial charge in [0.05, 0.1) is 12.8 Å². The first-order valence-electron chi connectivity index (χ1n) is 10.5. The van der Waals surface area contributed by atoms with Crippen molar-refractivity contribution in [1.82, 2.24) is 19.9 Å². The minimum atomic E-state index is 0.375. The number of nitrogens with one attached hydrogen (secondary N) is 1. The van der Waals surface area contributed by atoms with Crippen LogP contribution in [0, 0.1) is 6.92 Å². The number of nitrogens with zero attached hydrogens (tertiary/aromatic N) is 4. The Morgan fingerprint density at radius 2 is 2.10 bits per heavy atom. The Balaban J connectivity index is 1.57. The summed E-state index contributed by atoms with van der Waals surface area (Å²) in [7, 11) is 3.65. The van der Waals surface area contributed by atoms with Crippen LogP contribution in [0.2, 0.25) is 0 Å². The number of ether oxygens (including phenoxy) is 1. The van der Waals surface area contributed by atoms with E-state index in [2.05, 4.69) is 51.4 Å². The molecule has 6 nitrogen and oxygen atoms in total. The van der Waals surface area contributed by atoms with E-state index in [0.717, 1.165) is 61.1 Å². The number of rotatable bonds is 6. The van der Waals surface area contributed by atoms with Gasteiger partial charge in [-0.1, -0.05) is 18.2 Å². The van der Waals surface area contributed by atoms with Crippen molar-refractivity contribution >= 4 is 5.82 Å². The van der Waals surface area contributed by atoms with Crippen molar-refractivity contribution in [3.8, 4) is 17.1 Å². The van der Waals surface area contributed by atoms with Gasteiger partial charge in [0.1, 0.15) is 11.6 Å². The summed E-state index contributed by atoms with van der Waals surface area (Å²) in [5.41, 5.74) is 4.45. The number of hydrogen-bond donors (Lipinski definition) is 1. The van der Waals surface area contributed by atoms with Gasteiger partial charge in [0.2, 0.25) is 0 Å². The van der Waals surface area contributed by atoms with Crippen LogP contribution in [0.15, 0.2) is 48.8 Å². The lowest BCUT2D eigenvalue weighted by Crippen LogP contribution is -2.34. The summed E-state index contributed by atoms with van der Waals surface area (Å²) >= 11 is 0. The second-order valence-electron chi connectivity index (χ2n) is 7.83. The third kappa shape index (κ3) is 4.44. The van der Waals surface area contributed by atoms with Gasteiger partial charge in [-0.05, 0) is 44.0 Å². The third-order valence-electron chi connectivity index (χ3n) is 5.74. The summed E-state index contributed by atoms with van der Waals surface area (Å²) in [5, 5.41) is 3.19. The fraction of sp³-hybridized carbons (Fsp3) is 0.375. The summed E-state index contributed by atoms with van der Waals surface area (Å²) < 4.78 is 5.66. The number of hydrogen-bond acceptors (Lipinski definition) is 6. The predicted molar refractivity (Wildman–Crippen MR) is 120 cm³/mol. The topological polar surface area (TPSA) is 63.2 Å². The molecule has 1 aliphatic heterocycles. The molecular weight excluding hydrogens is 374 g/mol. The van der Waals surface area contributed by atoms with Crippen LogP contribution < -0.4 is 10.1 Å². The molecule has 3 heterocycles. The van der Waals surface area contributed by atoms with E-state index in [1.807, 2.05) is 25.4 Å². The number of pyridine rings is 1. The number of methoxy groups -OCH3 is 1. The van der Waals surface area contributed by atoms with Gasteiger partial charge >= 0.3 is 0 Å². The monoisotopic (exact) mass is 403 g/mol. The highest BCUT2D eigenvalue weighted by Crippen LogP contribution is 2.31. The van der Waals surface area contributed by atoms with Crippen molar-refractivity contribution in [2.24, 2.45) is 0 Å². The van der Waals surface area contributed by atoms with Crippen molar-refractivity contribution < 1.29 is 4.74 Å². The van der Waals surface area contributed by atoms with Crippen LogP contribution in [0.25, 0.3) is 11.4 Å². The molecule has 0 spiro atoms. The zero-order chi connectivity index (χ0) is 20.9. The van der Waals surface area contributed by atoms with Gasteiger partial charge in [0.15, 0.2) is 5.82 Å². The highest BCUT2D eigenvalue weighted by Gasteiger charge is 2.24. The van der Waals surface area contributed by atoms with Gasteiger partial charge in [-0.15, -0.1) is 0 Å². The molecule has 0 amide bonds. The first-order chi connectivity index (χ1) is 14.7. The van der Waals surface area contributed by atoms with Crippen LogP contribution >= 0.6 is 0 Å².